The maximum Gasteiger partial charge on any atom is 0.235 e. The molecule has 0 radical (unpaired) electrons. The Labute approximate surface area is 178 Å². The molecule has 0 amide bonds. The predicted molar refractivity (Wildman–Crippen MR) is 115 cm³/mol. The van der Waals surface area contributed by atoms with E-state index in [1.807, 2.05) is 12.1 Å². The van der Waals surface area contributed by atoms with E-state index in [-0.39, 0.29) is 18.1 Å². The van der Waals surface area contributed by atoms with Crippen LogP contribution in [0.25, 0.3) is 16.9 Å². The van der Waals surface area contributed by atoms with Crippen molar-refractivity contribution in [2.45, 2.75) is 6.92 Å². The van der Waals surface area contributed by atoms with E-state index in [2.05, 4.69) is 9.82 Å². The van der Waals surface area contributed by atoms with E-state index in [0.29, 0.717) is 32.0 Å². The summed E-state index contributed by atoms with van der Waals surface area (Å²) in [6.07, 6.45) is 0. The van der Waals surface area contributed by atoms with Gasteiger partial charge >= 0.3 is 0 Å². The zero-order chi connectivity index (χ0) is 20.5. The molecule has 0 saturated heterocycles. The molecule has 2 aromatic carbocycles. The molecule has 6 nitrogen and oxygen atoms in total. The third kappa shape index (κ3) is 4.45. The van der Waals surface area contributed by atoms with Gasteiger partial charge in [0.05, 0.1) is 22.2 Å². The molecular formula is C18H17Cl3N4O2S. The largest absolute Gasteiger partial charge is 0.329 e. The number of nitrogens with zero attached hydrogens (tertiary/aromatic N) is 2. The fraction of sp³-hybridized carbons (Fsp3) is 0.167. The summed E-state index contributed by atoms with van der Waals surface area (Å²) in [4.78, 5) is 0. The van der Waals surface area contributed by atoms with Gasteiger partial charge in [0.15, 0.2) is 5.82 Å². The van der Waals surface area contributed by atoms with E-state index in [9.17, 15) is 8.42 Å². The summed E-state index contributed by atoms with van der Waals surface area (Å²) in [5.74, 6) is -0.0125. The number of hydrogen-bond donors (Lipinski definition) is 2. The van der Waals surface area contributed by atoms with Crippen LogP contribution in [0.3, 0.4) is 0 Å². The van der Waals surface area contributed by atoms with Crippen LogP contribution in [-0.2, 0) is 10.0 Å². The van der Waals surface area contributed by atoms with E-state index in [0.717, 1.165) is 5.56 Å². The molecule has 0 unspecified atom stereocenters. The van der Waals surface area contributed by atoms with E-state index in [4.69, 9.17) is 40.5 Å². The van der Waals surface area contributed by atoms with Gasteiger partial charge in [-0.25, -0.2) is 13.1 Å². The van der Waals surface area contributed by atoms with Gasteiger partial charge < -0.3 is 5.73 Å². The van der Waals surface area contributed by atoms with Crippen molar-refractivity contribution in [3.05, 3.63) is 63.1 Å². The minimum atomic E-state index is -3.62. The van der Waals surface area contributed by atoms with Crippen LogP contribution in [0.2, 0.25) is 15.1 Å². The van der Waals surface area contributed by atoms with Gasteiger partial charge in [-0.3, -0.25) is 4.72 Å². The molecule has 10 heteroatoms. The van der Waals surface area contributed by atoms with Gasteiger partial charge in [0.1, 0.15) is 0 Å². The number of hydrogen-bond acceptors (Lipinski definition) is 4. The van der Waals surface area contributed by atoms with Gasteiger partial charge in [0.25, 0.3) is 0 Å². The molecule has 0 spiro atoms. The zero-order valence-corrected chi connectivity index (χ0v) is 17.9. The Balaban J connectivity index is 2.21. The van der Waals surface area contributed by atoms with Crippen molar-refractivity contribution in [3.8, 4) is 16.9 Å². The van der Waals surface area contributed by atoms with Crippen LogP contribution in [-0.4, -0.2) is 30.5 Å². The lowest BCUT2D eigenvalue weighted by atomic mass is 10.1. The monoisotopic (exact) mass is 458 g/mol. The lowest BCUT2D eigenvalue weighted by Crippen LogP contribution is -2.23. The van der Waals surface area contributed by atoms with Crippen LogP contribution < -0.4 is 10.5 Å². The molecule has 3 aromatic rings. The fourth-order valence-electron chi connectivity index (χ4n) is 2.72. The van der Waals surface area contributed by atoms with Crippen molar-refractivity contribution in [1.82, 2.24) is 9.78 Å². The summed E-state index contributed by atoms with van der Waals surface area (Å²) in [5, 5.41) is 5.90. The second-order valence-electron chi connectivity index (χ2n) is 6.05. The van der Waals surface area contributed by atoms with E-state index < -0.39 is 10.0 Å². The molecule has 28 heavy (non-hydrogen) atoms. The second-order valence-corrected chi connectivity index (χ2v) is 9.17. The van der Waals surface area contributed by atoms with Gasteiger partial charge in [0.2, 0.25) is 10.0 Å². The SMILES string of the molecule is Cc1c(NS(=O)(=O)CCN)nn(-c2ccc(Cl)cc2Cl)c1-c1ccc(Cl)cc1. The molecule has 0 aliphatic carbocycles. The number of aromatic nitrogens is 2. The number of rotatable bonds is 6. The number of sulfonamides is 1. The molecule has 0 aliphatic heterocycles. The van der Waals surface area contributed by atoms with Crippen LogP contribution in [0.4, 0.5) is 5.82 Å². The first-order chi connectivity index (χ1) is 13.2. The minimum absolute atomic E-state index is 0.00213. The number of nitrogens with one attached hydrogen (secondary N) is 1. The Kier molecular flexibility index (Phi) is 6.21. The van der Waals surface area contributed by atoms with Gasteiger partial charge in [-0.15, -0.1) is 5.10 Å². The molecule has 0 atom stereocenters. The normalized spacial score (nSPS) is 11.6. The summed E-state index contributed by atoms with van der Waals surface area (Å²) in [5.41, 5.74) is 8.05. The zero-order valence-electron chi connectivity index (χ0n) is 14.8. The van der Waals surface area contributed by atoms with Crippen LogP contribution >= 0.6 is 34.8 Å². The number of anilines is 1. The summed E-state index contributed by atoms with van der Waals surface area (Å²) >= 11 is 18.4. The first-order valence-electron chi connectivity index (χ1n) is 8.23. The lowest BCUT2D eigenvalue weighted by Gasteiger charge is -2.10. The van der Waals surface area contributed by atoms with Crippen LogP contribution in [0, 0.1) is 6.92 Å². The lowest BCUT2D eigenvalue weighted by molar-refractivity contribution is 0.600. The Bertz CT molecular complexity index is 1110. The van der Waals surface area contributed by atoms with Crippen molar-refractivity contribution >= 4 is 50.6 Å². The summed E-state index contributed by atoms with van der Waals surface area (Å²) in [6.45, 7) is 1.78. The van der Waals surface area contributed by atoms with Gasteiger partial charge in [-0.2, -0.15) is 0 Å². The first-order valence-corrected chi connectivity index (χ1v) is 11.0. The highest BCUT2D eigenvalue weighted by atomic mass is 35.5. The maximum absolute atomic E-state index is 12.2. The molecule has 0 fully saturated rings. The quantitative estimate of drug-likeness (QED) is 0.567. The van der Waals surface area contributed by atoms with Crippen LogP contribution in [0.15, 0.2) is 42.5 Å². The standard InChI is InChI=1S/C18H17Cl3N4O2S/c1-11-17(12-2-4-13(19)5-3-12)25(16-7-6-14(20)10-15(16)21)23-18(11)24-28(26,27)9-8-22/h2-7,10H,8-9,22H2,1H3,(H,23,24). The second kappa shape index (κ2) is 8.31. The Morgan fingerprint density at radius 1 is 1.07 bits per heavy atom. The molecule has 3 rings (SSSR count). The van der Waals surface area contributed by atoms with Crippen molar-refractivity contribution < 1.29 is 8.42 Å². The van der Waals surface area contributed by atoms with E-state index >= 15 is 0 Å². The number of nitrogens with two attached hydrogens (primary N) is 1. The first kappa shape index (κ1) is 21.0. The van der Waals surface area contributed by atoms with E-state index in [1.54, 1.807) is 41.9 Å². The molecule has 0 bridgehead atoms. The highest BCUT2D eigenvalue weighted by molar-refractivity contribution is 7.92. The van der Waals surface area contributed by atoms with Crippen molar-refractivity contribution in [1.29, 1.82) is 0 Å². The number of halogens is 3. The van der Waals surface area contributed by atoms with Gasteiger partial charge in [-0.1, -0.05) is 46.9 Å². The molecule has 1 aromatic heterocycles. The highest BCUT2D eigenvalue weighted by Crippen LogP contribution is 2.35. The maximum atomic E-state index is 12.2. The minimum Gasteiger partial charge on any atom is -0.329 e. The Morgan fingerprint density at radius 3 is 2.32 bits per heavy atom. The molecule has 0 aliphatic rings. The van der Waals surface area contributed by atoms with Gasteiger partial charge in [0, 0.05) is 27.7 Å². The Hall–Kier alpha value is -1.77. The van der Waals surface area contributed by atoms with Gasteiger partial charge in [-0.05, 0) is 37.3 Å². The molecule has 148 valence electrons. The molecular weight excluding hydrogens is 443 g/mol. The molecule has 0 saturated carbocycles. The predicted octanol–water partition coefficient (Wildman–Crippen LogP) is 4.51. The van der Waals surface area contributed by atoms with Crippen molar-refractivity contribution in [2.75, 3.05) is 17.0 Å². The van der Waals surface area contributed by atoms with E-state index in [1.165, 1.54) is 0 Å². The topological polar surface area (TPSA) is 90.0 Å². The number of benzene rings is 2. The average molecular weight is 460 g/mol. The fourth-order valence-corrected chi connectivity index (χ4v) is 4.24. The van der Waals surface area contributed by atoms with Crippen LogP contribution in [0.1, 0.15) is 5.56 Å². The van der Waals surface area contributed by atoms with Crippen LogP contribution in [0.5, 0.6) is 0 Å². The Morgan fingerprint density at radius 2 is 1.71 bits per heavy atom. The third-order valence-corrected chi connectivity index (χ3v) is 6.08. The molecule has 1 heterocycles. The van der Waals surface area contributed by atoms with Crippen molar-refractivity contribution in [3.63, 3.8) is 0 Å². The highest BCUT2D eigenvalue weighted by Gasteiger charge is 2.22. The molecule has 3 N–H and O–H groups in total. The summed E-state index contributed by atoms with van der Waals surface area (Å²) in [6, 6.07) is 12.1. The average Bonchev–Trinajstić information content (AvgIpc) is 2.91. The summed E-state index contributed by atoms with van der Waals surface area (Å²) in [7, 11) is -3.62. The smallest absolute Gasteiger partial charge is 0.235 e. The summed E-state index contributed by atoms with van der Waals surface area (Å²) < 4.78 is 28.5. The van der Waals surface area contributed by atoms with Crippen molar-refractivity contribution in [2.24, 2.45) is 5.73 Å². The third-order valence-electron chi connectivity index (χ3n) is 4.02.